The van der Waals surface area contributed by atoms with Crippen LogP contribution in [0.15, 0.2) is 24.3 Å². The fourth-order valence-electron chi connectivity index (χ4n) is 2.38. The highest BCUT2D eigenvalue weighted by atomic mass is 16.3. The van der Waals surface area contributed by atoms with Gasteiger partial charge in [0.1, 0.15) is 11.5 Å². The fourth-order valence-corrected chi connectivity index (χ4v) is 2.38. The summed E-state index contributed by atoms with van der Waals surface area (Å²) in [4.78, 5) is 10.9. The molecule has 2 rings (SSSR count). The number of aryl methyl sites for hydroxylation is 2. The van der Waals surface area contributed by atoms with Gasteiger partial charge in [-0.05, 0) is 55.2 Å². The summed E-state index contributed by atoms with van der Waals surface area (Å²) in [7, 11) is 0. The lowest BCUT2D eigenvalue weighted by Gasteiger charge is -2.14. The highest BCUT2D eigenvalue weighted by Gasteiger charge is 2.12. The van der Waals surface area contributed by atoms with Crippen LogP contribution in [0.2, 0.25) is 0 Å². The molecule has 2 N–H and O–H groups in total. The van der Waals surface area contributed by atoms with Crippen molar-refractivity contribution in [2.45, 2.75) is 27.2 Å². The Bertz CT molecular complexity index is 646. The molecule has 3 nitrogen and oxygen atoms in total. The Morgan fingerprint density at radius 2 is 1.75 bits per heavy atom. The number of hydrogen-bond donors (Lipinski definition) is 2. The molecule has 0 saturated carbocycles. The highest BCUT2D eigenvalue weighted by molar-refractivity contribution is 5.79. The van der Waals surface area contributed by atoms with E-state index in [-0.39, 0.29) is 11.3 Å². The van der Waals surface area contributed by atoms with Crippen LogP contribution in [0.25, 0.3) is 0 Å². The number of phenols is 2. The van der Waals surface area contributed by atoms with Gasteiger partial charge in [0.15, 0.2) is 6.29 Å². The molecule has 0 saturated heterocycles. The van der Waals surface area contributed by atoms with Crippen LogP contribution in [0.4, 0.5) is 0 Å². The molecule has 3 heteroatoms. The van der Waals surface area contributed by atoms with Crippen LogP contribution < -0.4 is 0 Å². The molecule has 0 aliphatic heterocycles. The zero-order chi connectivity index (χ0) is 14.9. The first-order valence-electron chi connectivity index (χ1n) is 6.49. The van der Waals surface area contributed by atoms with Gasteiger partial charge in [-0.1, -0.05) is 12.1 Å². The first-order chi connectivity index (χ1) is 9.43. The van der Waals surface area contributed by atoms with Crippen LogP contribution in [0.3, 0.4) is 0 Å². The lowest BCUT2D eigenvalue weighted by atomic mass is 9.93. The van der Waals surface area contributed by atoms with Gasteiger partial charge in [-0.15, -0.1) is 0 Å². The molecule has 104 valence electrons. The van der Waals surface area contributed by atoms with Crippen LogP contribution >= 0.6 is 0 Å². The maximum Gasteiger partial charge on any atom is 0.153 e. The Kier molecular flexibility index (Phi) is 3.79. The van der Waals surface area contributed by atoms with Crippen molar-refractivity contribution in [1.82, 2.24) is 0 Å². The minimum Gasteiger partial charge on any atom is -0.507 e. The predicted octanol–water partition coefficient (Wildman–Crippen LogP) is 3.43. The van der Waals surface area contributed by atoms with Crippen LogP contribution in [0.1, 0.15) is 38.2 Å². The Morgan fingerprint density at radius 3 is 2.40 bits per heavy atom. The van der Waals surface area contributed by atoms with E-state index in [9.17, 15) is 15.0 Å². The van der Waals surface area contributed by atoms with Gasteiger partial charge in [-0.25, -0.2) is 0 Å². The van der Waals surface area contributed by atoms with Crippen molar-refractivity contribution in [2.75, 3.05) is 0 Å². The average molecular weight is 270 g/mol. The van der Waals surface area contributed by atoms with Gasteiger partial charge < -0.3 is 10.2 Å². The van der Waals surface area contributed by atoms with Crippen LogP contribution in [0.5, 0.6) is 11.5 Å². The molecule has 0 fully saturated rings. The number of carbonyl (C=O) groups is 1. The number of aldehydes is 1. The summed E-state index contributed by atoms with van der Waals surface area (Å²) in [5.74, 6) is 0.277. The number of benzene rings is 2. The topological polar surface area (TPSA) is 57.5 Å². The summed E-state index contributed by atoms with van der Waals surface area (Å²) in [6.45, 7) is 5.86. The molecular weight excluding hydrogens is 252 g/mol. The Morgan fingerprint density at radius 1 is 1.05 bits per heavy atom. The third-order valence-electron chi connectivity index (χ3n) is 3.74. The molecule has 0 unspecified atom stereocenters. The van der Waals surface area contributed by atoms with Crippen molar-refractivity contribution in [3.8, 4) is 11.5 Å². The first kappa shape index (κ1) is 14.1. The van der Waals surface area contributed by atoms with Gasteiger partial charge in [0.05, 0.1) is 5.56 Å². The van der Waals surface area contributed by atoms with Gasteiger partial charge in [-0.3, -0.25) is 4.79 Å². The SMILES string of the molecule is Cc1cc(C)c(O)c(Cc2ccc(O)c(C=O)c2)c1C. The van der Waals surface area contributed by atoms with E-state index < -0.39 is 0 Å². The quantitative estimate of drug-likeness (QED) is 0.840. The third kappa shape index (κ3) is 2.52. The monoisotopic (exact) mass is 270 g/mol. The van der Waals surface area contributed by atoms with Crippen LogP contribution in [-0.4, -0.2) is 16.5 Å². The van der Waals surface area contributed by atoms with Gasteiger partial charge in [0, 0.05) is 12.0 Å². The second-order valence-corrected chi connectivity index (χ2v) is 5.15. The normalized spacial score (nSPS) is 10.6. The molecule has 20 heavy (non-hydrogen) atoms. The summed E-state index contributed by atoms with van der Waals surface area (Å²) in [5, 5.41) is 19.7. The maximum atomic E-state index is 10.9. The standard InChI is InChI=1S/C17H18O3/c1-10-6-11(2)17(20)15(12(10)3)8-13-4-5-16(19)14(7-13)9-18/h4-7,9,19-20H,8H2,1-3H3. The molecule has 0 heterocycles. The minimum atomic E-state index is -0.0230. The van der Waals surface area contributed by atoms with Gasteiger partial charge >= 0.3 is 0 Å². The number of hydrogen-bond acceptors (Lipinski definition) is 3. The molecule has 0 aliphatic carbocycles. The van der Waals surface area contributed by atoms with E-state index in [1.54, 1.807) is 12.1 Å². The minimum absolute atomic E-state index is 0.0230. The number of carbonyl (C=O) groups excluding carboxylic acids is 1. The molecule has 2 aromatic rings. The first-order valence-corrected chi connectivity index (χ1v) is 6.49. The maximum absolute atomic E-state index is 10.9. The highest BCUT2D eigenvalue weighted by Crippen LogP contribution is 2.30. The molecular formula is C17H18O3. The second kappa shape index (κ2) is 5.37. The Balaban J connectivity index is 2.47. The van der Waals surface area contributed by atoms with E-state index in [1.165, 1.54) is 6.07 Å². The molecule has 0 bridgehead atoms. The van der Waals surface area contributed by atoms with Crippen molar-refractivity contribution in [3.63, 3.8) is 0 Å². The van der Waals surface area contributed by atoms with E-state index >= 15 is 0 Å². The van der Waals surface area contributed by atoms with E-state index in [1.807, 2.05) is 26.8 Å². The molecule has 0 amide bonds. The summed E-state index contributed by atoms with van der Waals surface area (Å²) in [6.07, 6.45) is 1.16. The van der Waals surface area contributed by atoms with E-state index in [4.69, 9.17) is 0 Å². The number of rotatable bonds is 3. The smallest absolute Gasteiger partial charge is 0.153 e. The number of phenolic OH excluding ortho intramolecular Hbond substituents is 2. The van der Waals surface area contributed by atoms with Crippen molar-refractivity contribution < 1.29 is 15.0 Å². The molecule has 0 aliphatic rings. The molecule has 0 aromatic heterocycles. The van der Waals surface area contributed by atoms with Gasteiger partial charge in [0.2, 0.25) is 0 Å². The van der Waals surface area contributed by atoms with Gasteiger partial charge in [-0.2, -0.15) is 0 Å². The molecule has 0 spiro atoms. The van der Waals surface area contributed by atoms with Gasteiger partial charge in [0.25, 0.3) is 0 Å². The zero-order valence-electron chi connectivity index (χ0n) is 11.9. The summed E-state index contributed by atoms with van der Waals surface area (Å²) >= 11 is 0. The molecule has 0 radical (unpaired) electrons. The Hall–Kier alpha value is -2.29. The van der Waals surface area contributed by atoms with Crippen molar-refractivity contribution in [2.24, 2.45) is 0 Å². The van der Waals surface area contributed by atoms with E-state index in [0.29, 0.717) is 18.5 Å². The summed E-state index contributed by atoms with van der Waals surface area (Å²) < 4.78 is 0. The predicted molar refractivity (Wildman–Crippen MR) is 78.6 cm³/mol. The summed E-state index contributed by atoms with van der Waals surface area (Å²) in [6, 6.07) is 6.88. The Labute approximate surface area is 118 Å². The van der Waals surface area contributed by atoms with Crippen molar-refractivity contribution in [3.05, 3.63) is 57.6 Å². The average Bonchev–Trinajstić information content (AvgIpc) is 2.43. The van der Waals surface area contributed by atoms with Crippen molar-refractivity contribution >= 4 is 6.29 Å². The number of aromatic hydroxyl groups is 2. The fraction of sp³-hybridized carbons (Fsp3) is 0.235. The van der Waals surface area contributed by atoms with Crippen LogP contribution in [0, 0.1) is 20.8 Å². The zero-order valence-corrected chi connectivity index (χ0v) is 11.9. The lowest BCUT2D eigenvalue weighted by molar-refractivity contribution is 0.112. The molecule has 2 aromatic carbocycles. The molecule has 0 atom stereocenters. The lowest BCUT2D eigenvalue weighted by Crippen LogP contribution is -1.98. The van der Waals surface area contributed by atoms with E-state index in [0.717, 1.165) is 27.8 Å². The van der Waals surface area contributed by atoms with Crippen molar-refractivity contribution in [1.29, 1.82) is 0 Å². The summed E-state index contributed by atoms with van der Waals surface area (Å²) in [5.41, 5.74) is 5.04. The van der Waals surface area contributed by atoms with Crippen LogP contribution in [-0.2, 0) is 6.42 Å². The second-order valence-electron chi connectivity index (χ2n) is 5.15. The third-order valence-corrected chi connectivity index (χ3v) is 3.74. The largest absolute Gasteiger partial charge is 0.507 e. The van der Waals surface area contributed by atoms with E-state index in [2.05, 4.69) is 0 Å².